The number of nitrogens with zero attached hydrogens (tertiary/aromatic N) is 4. The van der Waals surface area contributed by atoms with Gasteiger partial charge in [0.1, 0.15) is 10.6 Å². The number of rotatable bonds is 2. The first-order valence-electron chi connectivity index (χ1n) is 8.19. The molecule has 4 rings (SSSR count). The summed E-state index contributed by atoms with van der Waals surface area (Å²) >= 11 is 1.71. The van der Waals surface area contributed by atoms with Crippen molar-refractivity contribution in [1.29, 1.82) is 0 Å². The van der Waals surface area contributed by atoms with Crippen molar-refractivity contribution in [2.24, 2.45) is 0 Å². The molecule has 5 nitrogen and oxygen atoms in total. The van der Waals surface area contributed by atoms with Gasteiger partial charge in [0.2, 0.25) is 0 Å². The summed E-state index contributed by atoms with van der Waals surface area (Å²) in [6.45, 7) is 8.03. The Morgan fingerprint density at radius 2 is 2.00 bits per heavy atom. The smallest absolute Gasteiger partial charge is 0.164 e. The first-order chi connectivity index (χ1) is 11.6. The van der Waals surface area contributed by atoms with Crippen molar-refractivity contribution >= 4 is 27.4 Å². The fourth-order valence-electron chi connectivity index (χ4n) is 3.24. The quantitative estimate of drug-likeness (QED) is 0.712. The van der Waals surface area contributed by atoms with Gasteiger partial charge in [0, 0.05) is 35.9 Å². The molecular weight excluding hydrogens is 320 g/mol. The lowest BCUT2D eigenvalue weighted by Crippen LogP contribution is -2.46. The Balaban J connectivity index is 1.86. The van der Waals surface area contributed by atoms with E-state index in [0.717, 1.165) is 40.5 Å². The van der Waals surface area contributed by atoms with Crippen LogP contribution >= 0.6 is 11.3 Å². The van der Waals surface area contributed by atoms with Crippen molar-refractivity contribution in [2.45, 2.75) is 33.0 Å². The summed E-state index contributed by atoms with van der Waals surface area (Å²) in [6.07, 6.45) is 3.97. The number of anilines is 1. The summed E-state index contributed by atoms with van der Waals surface area (Å²) in [5, 5.41) is 1.13. The minimum absolute atomic E-state index is 0.195. The van der Waals surface area contributed by atoms with Crippen LogP contribution in [0.1, 0.15) is 18.7 Å². The maximum Gasteiger partial charge on any atom is 0.164 e. The lowest BCUT2D eigenvalue weighted by atomic mass is 10.2. The first-order valence-corrected chi connectivity index (χ1v) is 9.01. The second kappa shape index (κ2) is 6.11. The summed E-state index contributed by atoms with van der Waals surface area (Å²) in [7, 11) is 0. The summed E-state index contributed by atoms with van der Waals surface area (Å²) in [5.41, 5.74) is 0.945. The molecule has 1 fully saturated rings. The number of aryl methyl sites for hydroxylation is 1. The second-order valence-electron chi connectivity index (χ2n) is 6.35. The minimum Gasteiger partial charge on any atom is -0.372 e. The summed E-state index contributed by atoms with van der Waals surface area (Å²) < 4.78 is 5.88. The van der Waals surface area contributed by atoms with Crippen molar-refractivity contribution < 1.29 is 4.74 Å². The van der Waals surface area contributed by atoms with E-state index in [0.29, 0.717) is 0 Å². The van der Waals surface area contributed by atoms with E-state index in [1.807, 2.05) is 18.3 Å². The number of aromatic nitrogens is 3. The van der Waals surface area contributed by atoms with Gasteiger partial charge in [-0.2, -0.15) is 0 Å². The Hall–Kier alpha value is -2.05. The topological polar surface area (TPSA) is 51.1 Å². The van der Waals surface area contributed by atoms with E-state index < -0.39 is 0 Å². The number of thiophene rings is 1. The standard InChI is InChI=1S/C18H20N4OS/c1-11-9-22(10-12(2)23-11)17-15-7-13(3)24-18(15)21-16(20-17)14-5-4-6-19-8-14/h4-8,11-12H,9-10H2,1-3H3. The fourth-order valence-corrected chi connectivity index (χ4v) is 4.12. The molecule has 0 amide bonds. The van der Waals surface area contributed by atoms with Crippen LogP contribution in [-0.2, 0) is 4.74 Å². The lowest BCUT2D eigenvalue weighted by Gasteiger charge is -2.36. The van der Waals surface area contributed by atoms with Crippen molar-refractivity contribution in [1.82, 2.24) is 15.0 Å². The van der Waals surface area contributed by atoms with E-state index in [-0.39, 0.29) is 12.2 Å². The molecule has 24 heavy (non-hydrogen) atoms. The largest absolute Gasteiger partial charge is 0.372 e. The zero-order valence-corrected chi connectivity index (χ0v) is 14.9. The van der Waals surface area contributed by atoms with Gasteiger partial charge < -0.3 is 9.64 Å². The Bertz CT molecular complexity index is 854. The summed E-state index contributed by atoms with van der Waals surface area (Å²) in [4.78, 5) is 18.5. The van der Waals surface area contributed by atoms with Gasteiger partial charge in [-0.1, -0.05) is 0 Å². The molecule has 0 spiro atoms. The zero-order valence-electron chi connectivity index (χ0n) is 14.1. The highest BCUT2D eigenvalue weighted by Crippen LogP contribution is 2.34. The minimum atomic E-state index is 0.195. The van der Waals surface area contributed by atoms with E-state index in [9.17, 15) is 0 Å². The van der Waals surface area contributed by atoms with Gasteiger partial charge in [0.25, 0.3) is 0 Å². The van der Waals surface area contributed by atoms with E-state index in [1.54, 1.807) is 17.5 Å². The van der Waals surface area contributed by atoms with Crippen LogP contribution in [0.3, 0.4) is 0 Å². The van der Waals surface area contributed by atoms with Gasteiger partial charge in [-0.05, 0) is 39.0 Å². The number of hydrogen-bond acceptors (Lipinski definition) is 6. The maximum atomic E-state index is 5.88. The molecule has 4 heterocycles. The van der Waals surface area contributed by atoms with Gasteiger partial charge in [0.05, 0.1) is 17.6 Å². The van der Waals surface area contributed by atoms with Gasteiger partial charge >= 0.3 is 0 Å². The lowest BCUT2D eigenvalue weighted by molar-refractivity contribution is -0.00536. The van der Waals surface area contributed by atoms with Crippen molar-refractivity contribution in [3.63, 3.8) is 0 Å². The molecule has 2 atom stereocenters. The molecule has 124 valence electrons. The Labute approximate surface area is 145 Å². The molecule has 2 unspecified atom stereocenters. The highest BCUT2D eigenvalue weighted by Gasteiger charge is 2.26. The Kier molecular flexibility index (Phi) is 3.94. The molecule has 1 saturated heterocycles. The molecule has 0 bridgehead atoms. The molecule has 0 saturated carbocycles. The van der Waals surface area contributed by atoms with Crippen molar-refractivity contribution in [3.8, 4) is 11.4 Å². The molecule has 1 aliphatic heterocycles. The van der Waals surface area contributed by atoms with Crippen LogP contribution < -0.4 is 4.90 Å². The van der Waals surface area contributed by atoms with E-state index in [1.165, 1.54) is 4.88 Å². The van der Waals surface area contributed by atoms with Crippen LogP contribution in [-0.4, -0.2) is 40.2 Å². The average molecular weight is 340 g/mol. The molecular formula is C18H20N4OS. The number of hydrogen-bond donors (Lipinski definition) is 0. The highest BCUT2D eigenvalue weighted by atomic mass is 32.1. The van der Waals surface area contributed by atoms with Crippen LogP contribution in [0.15, 0.2) is 30.6 Å². The first kappa shape index (κ1) is 15.5. The predicted molar refractivity (Wildman–Crippen MR) is 97.6 cm³/mol. The maximum absolute atomic E-state index is 5.88. The predicted octanol–water partition coefficient (Wildman–Crippen LogP) is 3.68. The monoisotopic (exact) mass is 340 g/mol. The van der Waals surface area contributed by atoms with Crippen LogP contribution in [0.2, 0.25) is 0 Å². The Morgan fingerprint density at radius 3 is 2.71 bits per heavy atom. The molecule has 0 aromatic carbocycles. The fraction of sp³-hybridized carbons (Fsp3) is 0.389. The molecule has 0 radical (unpaired) electrons. The second-order valence-corrected chi connectivity index (χ2v) is 7.59. The van der Waals surface area contributed by atoms with E-state index in [2.05, 4.69) is 36.7 Å². The molecule has 1 aliphatic rings. The third-order valence-electron chi connectivity index (χ3n) is 4.13. The average Bonchev–Trinajstić information content (AvgIpc) is 2.94. The molecule has 0 aliphatic carbocycles. The van der Waals surface area contributed by atoms with Crippen molar-refractivity contribution in [2.75, 3.05) is 18.0 Å². The van der Waals surface area contributed by atoms with Crippen LogP contribution in [0.5, 0.6) is 0 Å². The van der Waals surface area contributed by atoms with Crippen molar-refractivity contribution in [3.05, 3.63) is 35.5 Å². The Morgan fingerprint density at radius 1 is 1.21 bits per heavy atom. The summed E-state index contributed by atoms with van der Waals surface area (Å²) in [6, 6.07) is 6.11. The van der Waals surface area contributed by atoms with Crippen LogP contribution in [0.25, 0.3) is 21.6 Å². The highest BCUT2D eigenvalue weighted by molar-refractivity contribution is 7.18. The SMILES string of the molecule is Cc1cc2c(N3CC(C)OC(C)C3)nc(-c3cccnc3)nc2s1. The normalized spacial score (nSPS) is 21.4. The van der Waals surface area contributed by atoms with E-state index in [4.69, 9.17) is 14.7 Å². The number of ether oxygens (including phenoxy) is 1. The summed E-state index contributed by atoms with van der Waals surface area (Å²) in [5.74, 6) is 1.74. The van der Waals surface area contributed by atoms with E-state index >= 15 is 0 Å². The van der Waals surface area contributed by atoms with Gasteiger partial charge in [-0.25, -0.2) is 9.97 Å². The number of pyridine rings is 1. The molecule has 3 aromatic heterocycles. The molecule has 6 heteroatoms. The number of fused-ring (bicyclic) bond motifs is 1. The van der Waals surface area contributed by atoms with Gasteiger partial charge in [-0.15, -0.1) is 11.3 Å². The zero-order chi connectivity index (χ0) is 16.7. The van der Waals surface area contributed by atoms with Gasteiger partial charge in [0.15, 0.2) is 5.82 Å². The third-order valence-corrected chi connectivity index (χ3v) is 5.08. The molecule has 3 aromatic rings. The molecule has 0 N–H and O–H groups in total. The van der Waals surface area contributed by atoms with Crippen LogP contribution in [0.4, 0.5) is 5.82 Å². The third kappa shape index (κ3) is 2.87. The number of morpholine rings is 1. The van der Waals surface area contributed by atoms with Gasteiger partial charge in [-0.3, -0.25) is 4.98 Å². The van der Waals surface area contributed by atoms with Crippen LogP contribution in [0, 0.1) is 6.92 Å².